The summed E-state index contributed by atoms with van der Waals surface area (Å²) in [6.07, 6.45) is 2.13. The standard InChI is InChI=1S/C15H17N3O4/c1-8-2-5-10(16-14(19)9-3-4-9)6-12(8)17-15(20)11-7-13(11)18(21)22/h2,5-6,9,11,13H,3-4,7H2,1H3,(H,16,19)(H,17,20)/t11-,13+/m0/s1. The van der Waals surface area contributed by atoms with Crippen molar-refractivity contribution in [3.8, 4) is 0 Å². The Morgan fingerprint density at radius 3 is 2.55 bits per heavy atom. The molecule has 0 aromatic heterocycles. The van der Waals surface area contributed by atoms with E-state index < -0.39 is 16.9 Å². The average Bonchev–Trinajstić information content (AvgIpc) is 3.34. The van der Waals surface area contributed by atoms with E-state index in [1.165, 1.54) is 0 Å². The van der Waals surface area contributed by atoms with Gasteiger partial charge in [0.1, 0.15) is 5.92 Å². The zero-order valence-corrected chi connectivity index (χ0v) is 12.2. The first kappa shape index (κ1) is 14.5. The number of hydrogen-bond donors (Lipinski definition) is 2. The quantitative estimate of drug-likeness (QED) is 0.641. The van der Waals surface area contributed by atoms with Crippen molar-refractivity contribution in [1.82, 2.24) is 0 Å². The van der Waals surface area contributed by atoms with Gasteiger partial charge in [-0.25, -0.2) is 0 Å². The normalized spacial score (nSPS) is 22.8. The molecule has 0 heterocycles. The molecule has 2 fully saturated rings. The highest BCUT2D eigenvalue weighted by Gasteiger charge is 2.53. The summed E-state index contributed by atoms with van der Waals surface area (Å²) < 4.78 is 0. The summed E-state index contributed by atoms with van der Waals surface area (Å²) in [7, 11) is 0. The third kappa shape index (κ3) is 3.08. The first-order chi connectivity index (χ1) is 10.5. The lowest BCUT2D eigenvalue weighted by Crippen LogP contribution is -2.19. The van der Waals surface area contributed by atoms with Gasteiger partial charge in [0.25, 0.3) is 0 Å². The van der Waals surface area contributed by atoms with Gasteiger partial charge >= 0.3 is 0 Å². The van der Waals surface area contributed by atoms with Gasteiger partial charge in [-0.1, -0.05) is 6.07 Å². The zero-order chi connectivity index (χ0) is 15.9. The fourth-order valence-electron chi connectivity index (χ4n) is 2.35. The monoisotopic (exact) mass is 303 g/mol. The van der Waals surface area contributed by atoms with Crippen molar-refractivity contribution in [1.29, 1.82) is 0 Å². The van der Waals surface area contributed by atoms with E-state index in [2.05, 4.69) is 10.6 Å². The minimum atomic E-state index is -0.766. The molecule has 0 aliphatic heterocycles. The molecule has 2 N–H and O–H groups in total. The van der Waals surface area contributed by atoms with Crippen LogP contribution in [0.3, 0.4) is 0 Å². The molecule has 0 spiro atoms. The van der Waals surface area contributed by atoms with E-state index in [0.717, 1.165) is 18.4 Å². The molecule has 0 bridgehead atoms. The molecule has 2 amide bonds. The zero-order valence-electron chi connectivity index (χ0n) is 12.2. The molecule has 2 saturated carbocycles. The molecule has 22 heavy (non-hydrogen) atoms. The van der Waals surface area contributed by atoms with Crippen LogP contribution in [0.15, 0.2) is 18.2 Å². The third-order valence-electron chi connectivity index (χ3n) is 4.08. The summed E-state index contributed by atoms with van der Waals surface area (Å²) in [4.78, 5) is 34.0. The van der Waals surface area contributed by atoms with Gasteiger partial charge in [0.05, 0.1) is 0 Å². The second-order valence-corrected chi connectivity index (χ2v) is 5.98. The first-order valence-corrected chi connectivity index (χ1v) is 7.31. The molecular formula is C15H17N3O4. The summed E-state index contributed by atoms with van der Waals surface area (Å²) in [6, 6.07) is 4.51. The van der Waals surface area contributed by atoms with Crippen LogP contribution < -0.4 is 10.6 Å². The Hall–Kier alpha value is -2.44. The number of nitrogens with zero attached hydrogens (tertiary/aromatic N) is 1. The van der Waals surface area contributed by atoms with Gasteiger partial charge < -0.3 is 10.6 Å². The summed E-state index contributed by atoms with van der Waals surface area (Å²) >= 11 is 0. The number of carbonyl (C=O) groups excluding carboxylic acids is 2. The van der Waals surface area contributed by atoms with Crippen LogP contribution in [0.5, 0.6) is 0 Å². The lowest BCUT2D eigenvalue weighted by molar-refractivity contribution is -0.497. The van der Waals surface area contributed by atoms with E-state index in [9.17, 15) is 19.7 Å². The minimum Gasteiger partial charge on any atom is -0.326 e. The van der Waals surface area contributed by atoms with Crippen LogP contribution in [-0.4, -0.2) is 22.8 Å². The molecule has 2 aliphatic rings. The summed E-state index contributed by atoms with van der Waals surface area (Å²) in [5.74, 6) is -0.794. The molecular weight excluding hydrogens is 286 g/mol. The van der Waals surface area contributed by atoms with Crippen molar-refractivity contribution in [2.45, 2.75) is 32.2 Å². The van der Waals surface area contributed by atoms with Gasteiger partial charge in [0.2, 0.25) is 17.9 Å². The highest BCUT2D eigenvalue weighted by Crippen LogP contribution is 2.35. The van der Waals surface area contributed by atoms with Gasteiger partial charge in [-0.2, -0.15) is 0 Å². The molecule has 1 aromatic carbocycles. The number of benzene rings is 1. The summed E-state index contributed by atoms with van der Waals surface area (Å²) in [6.45, 7) is 1.83. The smallest absolute Gasteiger partial charge is 0.234 e. The third-order valence-corrected chi connectivity index (χ3v) is 4.08. The van der Waals surface area contributed by atoms with Crippen LogP contribution in [-0.2, 0) is 9.59 Å². The van der Waals surface area contributed by atoms with Crippen molar-refractivity contribution in [2.75, 3.05) is 10.6 Å². The number of rotatable bonds is 5. The number of carbonyl (C=O) groups is 2. The number of aryl methyl sites for hydroxylation is 1. The molecule has 2 atom stereocenters. The number of hydrogen-bond acceptors (Lipinski definition) is 4. The minimum absolute atomic E-state index is 0.00302. The fourth-order valence-corrected chi connectivity index (χ4v) is 2.35. The van der Waals surface area contributed by atoms with Gasteiger partial charge in [-0.3, -0.25) is 19.7 Å². The van der Waals surface area contributed by atoms with Gasteiger partial charge in [0.15, 0.2) is 0 Å². The molecule has 0 saturated heterocycles. The van der Waals surface area contributed by atoms with Gasteiger partial charge in [0, 0.05) is 28.6 Å². The number of nitro groups is 1. The molecule has 7 heteroatoms. The summed E-state index contributed by atoms with van der Waals surface area (Å²) in [5, 5.41) is 16.2. The Kier molecular flexibility index (Phi) is 3.56. The van der Waals surface area contributed by atoms with E-state index in [1.54, 1.807) is 18.2 Å². The highest BCUT2D eigenvalue weighted by molar-refractivity contribution is 5.98. The van der Waals surface area contributed by atoms with E-state index in [-0.39, 0.29) is 24.2 Å². The summed E-state index contributed by atoms with van der Waals surface area (Å²) in [5.41, 5.74) is 2.04. The van der Waals surface area contributed by atoms with Crippen LogP contribution in [0.2, 0.25) is 0 Å². The average molecular weight is 303 g/mol. The Bertz CT molecular complexity index is 654. The van der Waals surface area contributed by atoms with Crippen LogP contribution in [0.4, 0.5) is 11.4 Å². The Morgan fingerprint density at radius 1 is 1.23 bits per heavy atom. The van der Waals surface area contributed by atoms with Crippen molar-refractivity contribution in [3.05, 3.63) is 33.9 Å². The molecule has 7 nitrogen and oxygen atoms in total. The fraction of sp³-hybridized carbons (Fsp3) is 0.467. The largest absolute Gasteiger partial charge is 0.326 e. The molecule has 0 unspecified atom stereocenters. The predicted molar refractivity (Wildman–Crippen MR) is 80.1 cm³/mol. The molecule has 1 aromatic rings. The predicted octanol–water partition coefficient (Wildman–Crippen LogP) is 1.95. The lowest BCUT2D eigenvalue weighted by atomic mass is 10.1. The van der Waals surface area contributed by atoms with Crippen molar-refractivity contribution < 1.29 is 14.5 Å². The number of nitrogens with one attached hydrogen (secondary N) is 2. The Labute approximate surface area is 127 Å². The van der Waals surface area contributed by atoms with Gasteiger partial charge in [-0.15, -0.1) is 0 Å². The molecule has 116 valence electrons. The van der Waals surface area contributed by atoms with Crippen LogP contribution in [0, 0.1) is 28.9 Å². The van der Waals surface area contributed by atoms with E-state index in [1.807, 2.05) is 6.92 Å². The van der Waals surface area contributed by atoms with Crippen molar-refractivity contribution in [2.24, 2.45) is 11.8 Å². The van der Waals surface area contributed by atoms with Gasteiger partial charge in [-0.05, 0) is 37.5 Å². The van der Waals surface area contributed by atoms with Crippen LogP contribution in [0.25, 0.3) is 0 Å². The maximum atomic E-state index is 12.0. The van der Waals surface area contributed by atoms with E-state index in [0.29, 0.717) is 11.4 Å². The van der Waals surface area contributed by atoms with Crippen LogP contribution >= 0.6 is 0 Å². The molecule has 3 rings (SSSR count). The second kappa shape index (κ2) is 5.40. The van der Waals surface area contributed by atoms with Crippen molar-refractivity contribution >= 4 is 23.2 Å². The lowest BCUT2D eigenvalue weighted by Gasteiger charge is -2.11. The molecule has 0 radical (unpaired) electrons. The number of anilines is 2. The van der Waals surface area contributed by atoms with Crippen molar-refractivity contribution in [3.63, 3.8) is 0 Å². The maximum Gasteiger partial charge on any atom is 0.234 e. The number of amides is 2. The first-order valence-electron chi connectivity index (χ1n) is 7.31. The Morgan fingerprint density at radius 2 is 1.95 bits per heavy atom. The molecule has 2 aliphatic carbocycles. The maximum absolute atomic E-state index is 12.0. The van der Waals surface area contributed by atoms with E-state index >= 15 is 0 Å². The topological polar surface area (TPSA) is 101 Å². The van der Waals surface area contributed by atoms with Crippen LogP contribution in [0.1, 0.15) is 24.8 Å². The second-order valence-electron chi connectivity index (χ2n) is 5.98. The SMILES string of the molecule is Cc1ccc(NC(=O)C2CC2)cc1NC(=O)[C@H]1C[C@H]1[N+](=O)[O-]. The van der Waals surface area contributed by atoms with E-state index in [4.69, 9.17) is 0 Å². The highest BCUT2D eigenvalue weighted by atomic mass is 16.6. The Balaban J connectivity index is 1.66.